The molecule has 1 aliphatic rings. The second-order valence-corrected chi connectivity index (χ2v) is 3.84. The molecule has 0 amide bonds. The molecule has 16 heavy (non-hydrogen) atoms. The summed E-state index contributed by atoms with van der Waals surface area (Å²) in [6, 6.07) is 10.2. The van der Waals surface area contributed by atoms with E-state index in [1.165, 1.54) is 0 Å². The van der Waals surface area contributed by atoms with Crippen molar-refractivity contribution in [1.29, 1.82) is 5.26 Å². The predicted molar refractivity (Wildman–Crippen MR) is 61.6 cm³/mol. The lowest BCUT2D eigenvalue weighted by Gasteiger charge is -2.33. The second-order valence-electron chi connectivity index (χ2n) is 3.84. The van der Waals surface area contributed by atoms with E-state index in [1.54, 1.807) is 6.08 Å². The summed E-state index contributed by atoms with van der Waals surface area (Å²) in [7, 11) is 0. The summed E-state index contributed by atoms with van der Waals surface area (Å²) in [5, 5.41) is 12.6. The van der Waals surface area contributed by atoms with Crippen molar-refractivity contribution in [2.75, 3.05) is 13.2 Å². The number of hydrogen-bond acceptors (Lipinski definition) is 3. The van der Waals surface area contributed by atoms with Crippen molar-refractivity contribution in [2.24, 2.45) is 0 Å². The summed E-state index contributed by atoms with van der Waals surface area (Å²) in [6.45, 7) is 5.20. The molecule has 82 valence electrons. The molecule has 0 radical (unpaired) electrons. The summed E-state index contributed by atoms with van der Waals surface area (Å²) < 4.78 is 5.48. The number of nitriles is 1. The van der Waals surface area contributed by atoms with Gasteiger partial charge in [0, 0.05) is 6.54 Å². The van der Waals surface area contributed by atoms with Crippen LogP contribution in [0.3, 0.4) is 0 Å². The standard InChI is InChI=1S/C13H14N2O/c1-2-7-15-13(9-14)10-16-8-11-5-3-4-6-12(11)13/h2-6,15H,1,7-8,10H2. The Morgan fingerprint density at radius 1 is 1.56 bits per heavy atom. The first-order valence-electron chi connectivity index (χ1n) is 5.26. The van der Waals surface area contributed by atoms with E-state index in [4.69, 9.17) is 4.74 Å². The summed E-state index contributed by atoms with van der Waals surface area (Å²) in [5.74, 6) is 0. The van der Waals surface area contributed by atoms with Gasteiger partial charge in [0.15, 0.2) is 5.54 Å². The molecule has 1 aromatic carbocycles. The Morgan fingerprint density at radius 2 is 2.38 bits per heavy atom. The highest BCUT2D eigenvalue weighted by Crippen LogP contribution is 2.29. The number of nitrogens with one attached hydrogen (secondary N) is 1. The van der Waals surface area contributed by atoms with Crippen LogP contribution < -0.4 is 5.32 Å². The zero-order valence-electron chi connectivity index (χ0n) is 9.07. The minimum Gasteiger partial charge on any atom is -0.373 e. The minimum absolute atomic E-state index is 0.383. The molecular formula is C13H14N2O. The van der Waals surface area contributed by atoms with E-state index in [0.29, 0.717) is 19.8 Å². The Morgan fingerprint density at radius 3 is 3.12 bits per heavy atom. The molecule has 0 saturated carbocycles. The summed E-state index contributed by atoms with van der Waals surface area (Å²) in [5.41, 5.74) is 1.36. The molecular weight excluding hydrogens is 200 g/mol. The highest BCUT2D eigenvalue weighted by Gasteiger charge is 2.36. The van der Waals surface area contributed by atoms with Gasteiger partial charge in [0.25, 0.3) is 0 Å². The van der Waals surface area contributed by atoms with Gasteiger partial charge in [-0.1, -0.05) is 30.3 Å². The van der Waals surface area contributed by atoms with Gasteiger partial charge in [-0.2, -0.15) is 5.26 Å². The molecule has 1 N–H and O–H groups in total. The van der Waals surface area contributed by atoms with Gasteiger partial charge in [0.2, 0.25) is 0 Å². The lowest BCUT2D eigenvalue weighted by Crippen LogP contribution is -2.48. The van der Waals surface area contributed by atoms with Gasteiger partial charge >= 0.3 is 0 Å². The fraction of sp³-hybridized carbons (Fsp3) is 0.308. The Balaban J connectivity index is 2.41. The van der Waals surface area contributed by atoms with Gasteiger partial charge in [-0.05, 0) is 11.1 Å². The van der Waals surface area contributed by atoms with Gasteiger partial charge < -0.3 is 4.74 Å². The molecule has 1 heterocycles. The van der Waals surface area contributed by atoms with E-state index in [2.05, 4.69) is 18.0 Å². The zero-order valence-corrected chi connectivity index (χ0v) is 9.07. The Hall–Kier alpha value is -1.63. The Kier molecular flexibility index (Phi) is 3.04. The summed E-state index contributed by atoms with van der Waals surface area (Å²) >= 11 is 0. The predicted octanol–water partition coefficient (Wildman–Crippen LogP) is 1.71. The minimum atomic E-state index is -0.733. The van der Waals surface area contributed by atoms with Crippen LogP contribution in [-0.2, 0) is 16.9 Å². The maximum atomic E-state index is 9.39. The number of fused-ring (bicyclic) bond motifs is 1. The highest BCUT2D eigenvalue weighted by molar-refractivity contribution is 5.40. The number of ether oxygens (including phenoxy) is 1. The first-order chi connectivity index (χ1) is 7.82. The van der Waals surface area contributed by atoms with Crippen LogP contribution in [0.4, 0.5) is 0 Å². The van der Waals surface area contributed by atoms with Crippen LogP contribution in [0.25, 0.3) is 0 Å². The number of hydrogen-bond donors (Lipinski definition) is 1. The molecule has 0 saturated heterocycles. The van der Waals surface area contributed by atoms with Gasteiger partial charge in [0.05, 0.1) is 19.3 Å². The molecule has 0 aromatic heterocycles. The largest absolute Gasteiger partial charge is 0.373 e. The highest BCUT2D eigenvalue weighted by atomic mass is 16.5. The topological polar surface area (TPSA) is 45.0 Å². The molecule has 1 unspecified atom stereocenters. The van der Waals surface area contributed by atoms with Crippen LogP contribution in [0.15, 0.2) is 36.9 Å². The third-order valence-electron chi connectivity index (χ3n) is 2.79. The third-order valence-corrected chi connectivity index (χ3v) is 2.79. The molecule has 1 aromatic rings. The van der Waals surface area contributed by atoms with Crippen molar-refractivity contribution in [1.82, 2.24) is 5.32 Å². The van der Waals surface area contributed by atoms with Crippen molar-refractivity contribution in [3.8, 4) is 6.07 Å². The van der Waals surface area contributed by atoms with Crippen LogP contribution in [0.1, 0.15) is 11.1 Å². The fourth-order valence-corrected chi connectivity index (χ4v) is 1.98. The van der Waals surface area contributed by atoms with E-state index < -0.39 is 5.54 Å². The van der Waals surface area contributed by atoms with Gasteiger partial charge in [0.1, 0.15) is 0 Å². The molecule has 3 heteroatoms. The second kappa shape index (κ2) is 4.48. The number of nitrogens with zero attached hydrogens (tertiary/aromatic N) is 1. The van der Waals surface area contributed by atoms with Crippen molar-refractivity contribution in [2.45, 2.75) is 12.1 Å². The lowest BCUT2D eigenvalue weighted by molar-refractivity contribution is 0.0596. The molecule has 1 aliphatic heterocycles. The number of benzene rings is 1. The average Bonchev–Trinajstić information content (AvgIpc) is 2.36. The molecule has 0 fully saturated rings. The molecule has 0 aliphatic carbocycles. The lowest BCUT2D eigenvalue weighted by atomic mass is 9.86. The van der Waals surface area contributed by atoms with Crippen LogP contribution in [0.2, 0.25) is 0 Å². The maximum Gasteiger partial charge on any atom is 0.156 e. The van der Waals surface area contributed by atoms with E-state index in [9.17, 15) is 5.26 Å². The van der Waals surface area contributed by atoms with Crippen LogP contribution in [0.5, 0.6) is 0 Å². The van der Waals surface area contributed by atoms with Crippen molar-refractivity contribution in [3.63, 3.8) is 0 Å². The van der Waals surface area contributed by atoms with E-state index >= 15 is 0 Å². The van der Waals surface area contributed by atoms with Gasteiger partial charge in [-0.15, -0.1) is 6.58 Å². The Labute approximate surface area is 95.3 Å². The van der Waals surface area contributed by atoms with Crippen molar-refractivity contribution < 1.29 is 4.74 Å². The SMILES string of the molecule is C=CCNC1(C#N)COCc2ccccc21. The van der Waals surface area contributed by atoms with Crippen LogP contribution >= 0.6 is 0 Å². The molecule has 0 bridgehead atoms. The van der Waals surface area contributed by atoms with Gasteiger partial charge in [-0.3, -0.25) is 5.32 Å². The van der Waals surface area contributed by atoms with Crippen LogP contribution in [-0.4, -0.2) is 13.2 Å². The summed E-state index contributed by atoms with van der Waals surface area (Å²) in [6.07, 6.45) is 1.75. The fourth-order valence-electron chi connectivity index (χ4n) is 1.98. The first-order valence-corrected chi connectivity index (χ1v) is 5.26. The first kappa shape index (κ1) is 10.9. The Bertz CT molecular complexity index is 436. The average molecular weight is 214 g/mol. The van der Waals surface area contributed by atoms with Crippen molar-refractivity contribution >= 4 is 0 Å². The maximum absolute atomic E-state index is 9.39. The smallest absolute Gasteiger partial charge is 0.156 e. The molecule has 2 rings (SSSR count). The molecule has 0 spiro atoms. The van der Waals surface area contributed by atoms with Crippen LogP contribution in [0, 0.1) is 11.3 Å². The normalized spacial score (nSPS) is 23.2. The zero-order chi connectivity index (χ0) is 11.4. The van der Waals surface area contributed by atoms with E-state index in [0.717, 1.165) is 11.1 Å². The number of rotatable bonds is 3. The van der Waals surface area contributed by atoms with Gasteiger partial charge in [-0.25, -0.2) is 0 Å². The van der Waals surface area contributed by atoms with E-state index in [1.807, 2.05) is 24.3 Å². The molecule has 3 nitrogen and oxygen atoms in total. The summed E-state index contributed by atoms with van der Waals surface area (Å²) in [4.78, 5) is 0. The monoisotopic (exact) mass is 214 g/mol. The van der Waals surface area contributed by atoms with E-state index in [-0.39, 0.29) is 0 Å². The molecule has 1 atom stereocenters. The van der Waals surface area contributed by atoms with Crippen molar-refractivity contribution in [3.05, 3.63) is 48.0 Å². The third kappa shape index (κ3) is 1.73. The quantitative estimate of drug-likeness (QED) is 0.779.